The quantitative estimate of drug-likeness (QED) is 0.791. The number of hydrogen-bond donors (Lipinski definition) is 2. The number of hydrogen-bond acceptors (Lipinski definition) is 5. The molecule has 0 fully saturated rings. The highest BCUT2D eigenvalue weighted by molar-refractivity contribution is 7.89. The SMILES string of the molecule is CNS(=O)(=O)c1ccc(-n2nc(C)nc2C)cc1N. The molecule has 3 N–H and O–H groups in total. The van der Waals surface area contributed by atoms with E-state index in [-0.39, 0.29) is 10.6 Å². The zero-order chi connectivity index (χ0) is 14.2. The first-order valence-corrected chi connectivity index (χ1v) is 7.07. The van der Waals surface area contributed by atoms with Crippen molar-refractivity contribution >= 4 is 15.7 Å². The third-order valence-electron chi connectivity index (χ3n) is 2.67. The lowest BCUT2D eigenvalue weighted by Crippen LogP contribution is -2.20. The summed E-state index contributed by atoms with van der Waals surface area (Å²) in [6.45, 7) is 3.60. The van der Waals surface area contributed by atoms with Crippen LogP contribution in [-0.4, -0.2) is 30.2 Å². The fourth-order valence-electron chi connectivity index (χ4n) is 1.79. The number of aromatic nitrogens is 3. The second kappa shape index (κ2) is 4.63. The fourth-order valence-corrected chi connectivity index (χ4v) is 2.62. The molecule has 1 aromatic heterocycles. The number of nitrogens with one attached hydrogen (secondary N) is 1. The lowest BCUT2D eigenvalue weighted by molar-refractivity contribution is 0.588. The van der Waals surface area contributed by atoms with E-state index in [1.807, 2.05) is 6.92 Å². The van der Waals surface area contributed by atoms with Gasteiger partial charge in [0.05, 0.1) is 11.4 Å². The minimum Gasteiger partial charge on any atom is -0.398 e. The van der Waals surface area contributed by atoms with Gasteiger partial charge in [-0.3, -0.25) is 0 Å². The number of rotatable bonds is 3. The van der Waals surface area contributed by atoms with Gasteiger partial charge in [0.1, 0.15) is 16.5 Å². The van der Waals surface area contributed by atoms with E-state index >= 15 is 0 Å². The Balaban J connectivity index is 2.54. The molecule has 0 aliphatic rings. The molecule has 1 heterocycles. The highest BCUT2D eigenvalue weighted by atomic mass is 32.2. The Morgan fingerprint density at radius 1 is 1.32 bits per heavy atom. The number of benzene rings is 1. The first-order chi connectivity index (χ1) is 8.85. The summed E-state index contributed by atoms with van der Waals surface area (Å²) in [6.07, 6.45) is 0. The van der Waals surface area contributed by atoms with Gasteiger partial charge in [-0.2, -0.15) is 5.10 Å². The number of anilines is 1. The molecule has 2 rings (SSSR count). The van der Waals surface area contributed by atoms with Crippen molar-refractivity contribution in [2.45, 2.75) is 18.7 Å². The van der Waals surface area contributed by atoms with Gasteiger partial charge in [0.25, 0.3) is 0 Å². The van der Waals surface area contributed by atoms with Crippen molar-refractivity contribution in [1.29, 1.82) is 0 Å². The van der Waals surface area contributed by atoms with E-state index in [0.717, 1.165) is 0 Å². The molecule has 2 aromatic rings. The number of aryl methyl sites for hydroxylation is 2. The Morgan fingerprint density at radius 2 is 2.00 bits per heavy atom. The van der Waals surface area contributed by atoms with Crippen LogP contribution in [0.25, 0.3) is 5.69 Å². The molecule has 8 heteroatoms. The summed E-state index contributed by atoms with van der Waals surface area (Å²) in [5, 5.41) is 4.22. The third kappa shape index (κ3) is 2.45. The number of nitrogen functional groups attached to an aromatic ring is 1. The summed E-state index contributed by atoms with van der Waals surface area (Å²) in [6, 6.07) is 4.65. The van der Waals surface area contributed by atoms with Crippen molar-refractivity contribution in [2.75, 3.05) is 12.8 Å². The van der Waals surface area contributed by atoms with Crippen LogP contribution in [0, 0.1) is 13.8 Å². The van der Waals surface area contributed by atoms with Crippen molar-refractivity contribution in [3.05, 3.63) is 29.8 Å². The molecule has 0 saturated carbocycles. The third-order valence-corrected chi connectivity index (χ3v) is 4.16. The van der Waals surface area contributed by atoms with Crippen molar-refractivity contribution in [1.82, 2.24) is 19.5 Å². The molecule has 0 bridgehead atoms. The van der Waals surface area contributed by atoms with Gasteiger partial charge in [0.2, 0.25) is 10.0 Å². The average Bonchev–Trinajstić information content (AvgIpc) is 2.68. The minimum absolute atomic E-state index is 0.0493. The first-order valence-electron chi connectivity index (χ1n) is 5.59. The lowest BCUT2D eigenvalue weighted by Gasteiger charge is -2.09. The zero-order valence-electron chi connectivity index (χ0n) is 10.9. The van der Waals surface area contributed by atoms with Crippen LogP contribution < -0.4 is 10.5 Å². The van der Waals surface area contributed by atoms with Crippen molar-refractivity contribution in [2.24, 2.45) is 0 Å². The number of nitrogens with two attached hydrogens (primary N) is 1. The summed E-state index contributed by atoms with van der Waals surface area (Å²) in [5.41, 5.74) is 6.63. The maximum Gasteiger partial charge on any atom is 0.242 e. The topological polar surface area (TPSA) is 103 Å². The van der Waals surface area contributed by atoms with Gasteiger partial charge in [0.15, 0.2) is 0 Å². The molecule has 1 aromatic carbocycles. The molecular formula is C11H15N5O2S. The van der Waals surface area contributed by atoms with Crippen LogP contribution in [0.4, 0.5) is 5.69 Å². The molecule has 19 heavy (non-hydrogen) atoms. The van der Waals surface area contributed by atoms with E-state index in [9.17, 15) is 8.42 Å². The summed E-state index contributed by atoms with van der Waals surface area (Å²) in [5.74, 6) is 1.35. The van der Waals surface area contributed by atoms with Crippen LogP contribution in [0.15, 0.2) is 23.1 Å². The zero-order valence-corrected chi connectivity index (χ0v) is 11.7. The van der Waals surface area contributed by atoms with E-state index in [1.165, 1.54) is 13.1 Å². The molecule has 0 amide bonds. The lowest BCUT2D eigenvalue weighted by atomic mass is 10.3. The van der Waals surface area contributed by atoms with Crippen LogP contribution in [0.2, 0.25) is 0 Å². The molecule has 7 nitrogen and oxygen atoms in total. The standard InChI is InChI=1S/C11H15N5O2S/c1-7-14-8(2)16(15-7)9-4-5-11(10(12)6-9)19(17,18)13-3/h4-6,13H,12H2,1-3H3. The predicted molar refractivity (Wildman–Crippen MR) is 71.5 cm³/mol. The molecule has 0 saturated heterocycles. The van der Waals surface area contributed by atoms with Crippen LogP contribution in [0.1, 0.15) is 11.6 Å². The second-order valence-corrected chi connectivity index (χ2v) is 5.90. The van der Waals surface area contributed by atoms with Gasteiger partial charge in [-0.25, -0.2) is 22.8 Å². The molecule has 0 radical (unpaired) electrons. The Bertz CT molecular complexity index is 721. The molecule has 0 unspecified atom stereocenters. The van der Waals surface area contributed by atoms with E-state index in [1.54, 1.807) is 23.7 Å². The van der Waals surface area contributed by atoms with Crippen LogP contribution >= 0.6 is 0 Å². The van der Waals surface area contributed by atoms with Crippen LogP contribution in [0.3, 0.4) is 0 Å². The predicted octanol–water partition coefficient (Wildman–Crippen LogP) is 0.374. The number of sulfonamides is 1. The highest BCUT2D eigenvalue weighted by Gasteiger charge is 2.16. The highest BCUT2D eigenvalue weighted by Crippen LogP contribution is 2.21. The normalized spacial score (nSPS) is 11.7. The van der Waals surface area contributed by atoms with Crippen molar-refractivity contribution in [3.8, 4) is 5.69 Å². The van der Waals surface area contributed by atoms with Gasteiger partial charge in [-0.1, -0.05) is 0 Å². The molecule has 0 atom stereocenters. The van der Waals surface area contributed by atoms with E-state index in [0.29, 0.717) is 17.3 Å². The molecule has 0 aliphatic carbocycles. The van der Waals surface area contributed by atoms with E-state index in [2.05, 4.69) is 14.8 Å². The Kier molecular flexibility index (Phi) is 3.29. The Morgan fingerprint density at radius 3 is 2.47 bits per heavy atom. The van der Waals surface area contributed by atoms with Crippen LogP contribution in [0.5, 0.6) is 0 Å². The van der Waals surface area contributed by atoms with Crippen LogP contribution in [-0.2, 0) is 10.0 Å². The van der Waals surface area contributed by atoms with Gasteiger partial charge < -0.3 is 5.73 Å². The van der Waals surface area contributed by atoms with Gasteiger partial charge in [-0.05, 0) is 39.1 Å². The largest absolute Gasteiger partial charge is 0.398 e. The molecular weight excluding hydrogens is 266 g/mol. The van der Waals surface area contributed by atoms with E-state index in [4.69, 9.17) is 5.73 Å². The maximum atomic E-state index is 11.7. The van der Waals surface area contributed by atoms with Gasteiger partial charge in [-0.15, -0.1) is 0 Å². The smallest absolute Gasteiger partial charge is 0.242 e. The summed E-state index contributed by atoms with van der Waals surface area (Å²) >= 11 is 0. The first kappa shape index (κ1) is 13.5. The summed E-state index contributed by atoms with van der Waals surface area (Å²) in [7, 11) is -2.21. The van der Waals surface area contributed by atoms with E-state index < -0.39 is 10.0 Å². The monoisotopic (exact) mass is 281 g/mol. The Labute approximate surface area is 111 Å². The van der Waals surface area contributed by atoms with Gasteiger partial charge in [0, 0.05) is 0 Å². The fraction of sp³-hybridized carbons (Fsp3) is 0.273. The Hall–Kier alpha value is -1.93. The summed E-state index contributed by atoms with van der Waals surface area (Å²) in [4.78, 5) is 4.23. The summed E-state index contributed by atoms with van der Waals surface area (Å²) < 4.78 is 27.3. The second-order valence-electron chi connectivity index (χ2n) is 4.05. The maximum absolute atomic E-state index is 11.7. The number of nitrogens with zero attached hydrogens (tertiary/aromatic N) is 3. The molecule has 0 aliphatic heterocycles. The average molecular weight is 281 g/mol. The molecule has 102 valence electrons. The van der Waals surface area contributed by atoms with Gasteiger partial charge >= 0.3 is 0 Å². The minimum atomic E-state index is -3.55. The molecule has 0 spiro atoms. The van der Waals surface area contributed by atoms with Crippen molar-refractivity contribution < 1.29 is 8.42 Å². The van der Waals surface area contributed by atoms with Crippen molar-refractivity contribution in [3.63, 3.8) is 0 Å².